The minimum Gasteiger partial charge on any atom is -0.379 e. The smallest absolute Gasteiger partial charge is 0.0494 e. The normalized spacial score (nSPS) is 10.1. The van der Waals surface area contributed by atoms with Gasteiger partial charge >= 0.3 is 0 Å². The zero-order valence-electron chi connectivity index (χ0n) is 9.56. The van der Waals surface area contributed by atoms with E-state index in [1.54, 1.807) is 11.3 Å². The molecular weight excluding hydrogens is 246 g/mol. The van der Waals surface area contributed by atoms with Crippen LogP contribution in [0, 0.1) is 0 Å². The molecule has 0 aliphatic carbocycles. The highest BCUT2D eigenvalue weighted by Gasteiger charge is 2.01. The molecule has 0 atom stereocenters. The first-order valence-corrected chi connectivity index (χ1v) is 7.35. The van der Waals surface area contributed by atoms with Gasteiger partial charge in [-0.1, -0.05) is 24.3 Å². The Bertz CT molecular complexity index is 463. The van der Waals surface area contributed by atoms with Crippen LogP contribution in [-0.2, 0) is 6.54 Å². The summed E-state index contributed by atoms with van der Waals surface area (Å²) in [6.45, 7) is 4.64. The quantitative estimate of drug-likeness (QED) is 0.600. The SMILES string of the molecule is C=CCSc1ccccc1NCc1cccs1. The molecule has 1 aromatic heterocycles. The fourth-order valence-corrected chi connectivity index (χ4v) is 2.90. The average molecular weight is 261 g/mol. The molecule has 2 rings (SSSR count). The molecule has 0 bridgehead atoms. The lowest BCUT2D eigenvalue weighted by Gasteiger charge is -2.10. The number of nitrogens with one attached hydrogen (secondary N) is 1. The van der Waals surface area contributed by atoms with Crippen molar-refractivity contribution >= 4 is 28.8 Å². The summed E-state index contributed by atoms with van der Waals surface area (Å²) in [6, 6.07) is 12.6. The van der Waals surface area contributed by atoms with Crippen LogP contribution in [0.25, 0.3) is 0 Å². The van der Waals surface area contributed by atoms with Crippen LogP contribution in [0.4, 0.5) is 5.69 Å². The number of hydrogen-bond donors (Lipinski definition) is 1. The molecular formula is C14H15NS2. The number of thiophene rings is 1. The summed E-state index contributed by atoms with van der Waals surface area (Å²) in [5.41, 5.74) is 1.20. The maximum Gasteiger partial charge on any atom is 0.0494 e. The third-order valence-corrected chi connectivity index (χ3v) is 4.22. The highest BCUT2D eigenvalue weighted by molar-refractivity contribution is 7.99. The van der Waals surface area contributed by atoms with Crippen molar-refractivity contribution < 1.29 is 0 Å². The van der Waals surface area contributed by atoms with Crippen molar-refractivity contribution in [1.29, 1.82) is 0 Å². The van der Waals surface area contributed by atoms with Gasteiger partial charge in [0.1, 0.15) is 0 Å². The number of thioether (sulfide) groups is 1. The van der Waals surface area contributed by atoms with Gasteiger partial charge in [-0.2, -0.15) is 0 Å². The van der Waals surface area contributed by atoms with Crippen LogP contribution in [0.5, 0.6) is 0 Å². The molecule has 0 aliphatic heterocycles. The van der Waals surface area contributed by atoms with E-state index in [9.17, 15) is 0 Å². The first-order valence-electron chi connectivity index (χ1n) is 5.49. The predicted octanol–water partition coefficient (Wildman–Crippen LogP) is 4.64. The van der Waals surface area contributed by atoms with Crippen molar-refractivity contribution in [3.63, 3.8) is 0 Å². The van der Waals surface area contributed by atoms with Gasteiger partial charge in [0.05, 0.1) is 0 Å². The molecule has 0 saturated carbocycles. The molecule has 1 N–H and O–H groups in total. The van der Waals surface area contributed by atoms with Crippen molar-refractivity contribution in [2.75, 3.05) is 11.1 Å². The van der Waals surface area contributed by atoms with E-state index in [2.05, 4.69) is 53.7 Å². The number of benzene rings is 1. The molecule has 88 valence electrons. The Morgan fingerprint density at radius 3 is 2.88 bits per heavy atom. The zero-order chi connectivity index (χ0) is 11.9. The molecule has 0 spiro atoms. The Morgan fingerprint density at radius 2 is 2.12 bits per heavy atom. The fraction of sp³-hybridized carbons (Fsp3) is 0.143. The molecule has 0 amide bonds. The number of para-hydroxylation sites is 1. The van der Waals surface area contributed by atoms with Crippen molar-refractivity contribution in [2.24, 2.45) is 0 Å². The first kappa shape index (κ1) is 12.3. The molecule has 0 radical (unpaired) electrons. The molecule has 1 aromatic carbocycles. The van der Waals surface area contributed by atoms with Crippen molar-refractivity contribution in [3.05, 3.63) is 59.3 Å². The Kier molecular flexibility index (Phi) is 4.71. The van der Waals surface area contributed by atoms with E-state index in [0.717, 1.165) is 12.3 Å². The van der Waals surface area contributed by atoms with Crippen LogP contribution in [0.3, 0.4) is 0 Å². The lowest BCUT2D eigenvalue weighted by molar-refractivity contribution is 1.17. The Hall–Kier alpha value is -1.19. The van der Waals surface area contributed by atoms with E-state index in [1.807, 2.05) is 17.8 Å². The summed E-state index contributed by atoms with van der Waals surface area (Å²) in [5.74, 6) is 0.942. The van der Waals surface area contributed by atoms with E-state index < -0.39 is 0 Å². The molecule has 17 heavy (non-hydrogen) atoms. The standard InChI is InChI=1S/C14H15NS2/c1-2-9-17-14-8-4-3-7-13(14)15-11-12-6-5-10-16-12/h2-8,10,15H,1,9,11H2. The summed E-state index contributed by atoms with van der Waals surface area (Å²) in [4.78, 5) is 2.64. The summed E-state index contributed by atoms with van der Waals surface area (Å²) < 4.78 is 0. The Morgan fingerprint density at radius 1 is 1.24 bits per heavy atom. The van der Waals surface area contributed by atoms with E-state index in [1.165, 1.54) is 15.5 Å². The molecule has 3 heteroatoms. The predicted molar refractivity (Wildman–Crippen MR) is 79.0 cm³/mol. The summed E-state index contributed by atoms with van der Waals surface area (Å²) >= 11 is 3.59. The largest absolute Gasteiger partial charge is 0.379 e. The Labute approximate surface area is 111 Å². The van der Waals surface area contributed by atoms with Gasteiger partial charge < -0.3 is 5.32 Å². The van der Waals surface area contributed by atoms with E-state index >= 15 is 0 Å². The van der Waals surface area contributed by atoms with Gasteiger partial charge in [-0.15, -0.1) is 29.7 Å². The fourth-order valence-electron chi connectivity index (χ4n) is 1.48. The number of rotatable bonds is 6. The van der Waals surface area contributed by atoms with Crippen LogP contribution in [0.15, 0.2) is 59.3 Å². The molecule has 2 aromatic rings. The molecule has 0 saturated heterocycles. The highest BCUT2D eigenvalue weighted by Crippen LogP contribution is 2.27. The number of hydrogen-bond acceptors (Lipinski definition) is 3. The molecule has 0 unspecified atom stereocenters. The van der Waals surface area contributed by atoms with Gasteiger partial charge in [0.2, 0.25) is 0 Å². The van der Waals surface area contributed by atoms with Crippen LogP contribution in [-0.4, -0.2) is 5.75 Å². The van der Waals surface area contributed by atoms with Gasteiger partial charge in [-0.05, 0) is 23.6 Å². The molecule has 1 nitrogen and oxygen atoms in total. The number of anilines is 1. The molecule has 0 aliphatic rings. The van der Waals surface area contributed by atoms with Crippen LogP contribution in [0.2, 0.25) is 0 Å². The second-order valence-electron chi connectivity index (χ2n) is 3.53. The third-order valence-electron chi connectivity index (χ3n) is 2.28. The first-order chi connectivity index (χ1) is 8.40. The lowest BCUT2D eigenvalue weighted by atomic mass is 10.3. The van der Waals surface area contributed by atoms with E-state index in [0.29, 0.717) is 0 Å². The molecule has 0 fully saturated rings. The minimum atomic E-state index is 0.892. The second-order valence-corrected chi connectivity index (χ2v) is 5.62. The summed E-state index contributed by atoms with van der Waals surface area (Å²) in [5, 5.41) is 5.59. The maximum atomic E-state index is 3.75. The average Bonchev–Trinajstić information content (AvgIpc) is 2.88. The van der Waals surface area contributed by atoms with Gasteiger partial charge in [0, 0.05) is 27.8 Å². The monoisotopic (exact) mass is 261 g/mol. The van der Waals surface area contributed by atoms with Gasteiger partial charge in [-0.3, -0.25) is 0 Å². The van der Waals surface area contributed by atoms with Crippen LogP contribution >= 0.6 is 23.1 Å². The van der Waals surface area contributed by atoms with E-state index in [-0.39, 0.29) is 0 Å². The topological polar surface area (TPSA) is 12.0 Å². The molecule has 1 heterocycles. The van der Waals surface area contributed by atoms with E-state index in [4.69, 9.17) is 0 Å². The third kappa shape index (κ3) is 3.65. The van der Waals surface area contributed by atoms with Gasteiger partial charge in [-0.25, -0.2) is 0 Å². The lowest BCUT2D eigenvalue weighted by Crippen LogP contribution is -1.98. The maximum absolute atomic E-state index is 3.75. The van der Waals surface area contributed by atoms with Crippen molar-refractivity contribution in [1.82, 2.24) is 0 Å². The minimum absolute atomic E-state index is 0.892. The summed E-state index contributed by atoms with van der Waals surface area (Å²) in [7, 11) is 0. The Balaban J connectivity index is 2.01. The van der Waals surface area contributed by atoms with Gasteiger partial charge in [0.15, 0.2) is 0 Å². The van der Waals surface area contributed by atoms with Crippen molar-refractivity contribution in [2.45, 2.75) is 11.4 Å². The highest BCUT2D eigenvalue weighted by atomic mass is 32.2. The van der Waals surface area contributed by atoms with Crippen LogP contribution < -0.4 is 5.32 Å². The zero-order valence-corrected chi connectivity index (χ0v) is 11.2. The van der Waals surface area contributed by atoms with Crippen molar-refractivity contribution in [3.8, 4) is 0 Å². The van der Waals surface area contributed by atoms with Gasteiger partial charge in [0.25, 0.3) is 0 Å². The second kappa shape index (κ2) is 6.52. The van der Waals surface area contributed by atoms with Crippen LogP contribution in [0.1, 0.15) is 4.88 Å². The summed E-state index contributed by atoms with van der Waals surface area (Å²) in [6.07, 6.45) is 1.93.